The molecule has 3 rings (SSSR count). The molecule has 0 bridgehead atoms. The molecule has 4 nitrogen and oxygen atoms in total. The van der Waals surface area contributed by atoms with Gasteiger partial charge in [0.2, 0.25) is 0 Å². The molecule has 0 aliphatic carbocycles. The van der Waals surface area contributed by atoms with Crippen LogP contribution in [-0.4, -0.2) is 39.6 Å². The fourth-order valence-electron chi connectivity index (χ4n) is 3.83. The van der Waals surface area contributed by atoms with Crippen LogP contribution < -0.4 is 0 Å². The van der Waals surface area contributed by atoms with Crippen LogP contribution in [0.5, 0.6) is 0 Å². The summed E-state index contributed by atoms with van der Waals surface area (Å²) in [6, 6.07) is 18.8. The van der Waals surface area contributed by atoms with Gasteiger partial charge in [0.05, 0.1) is 11.5 Å². The van der Waals surface area contributed by atoms with Gasteiger partial charge in [-0.3, -0.25) is 4.18 Å². The lowest BCUT2D eigenvalue weighted by molar-refractivity contribution is 0.112. The smallest absolute Gasteiger partial charge is 0.296 e. The van der Waals surface area contributed by atoms with Gasteiger partial charge in [0.25, 0.3) is 10.1 Å². The number of hydrogen-bond donors (Lipinski definition) is 0. The van der Waals surface area contributed by atoms with E-state index in [9.17, 15) is 8.42 Å². The van der Waals surface area contributed by atoms with Crippen molar-refractivity contribution in [3.63, 3.8) is 0 Å². The summed E-state index contributed by atoms with van der Waals surface area (Å²) in [7, 11) is -3.72. The number of nitrogens with zero attached hydrogens (tertiary/aromatic N) is 1. The van der Waals surface area contributed by atoms with Gasteiger partial charge in [-0.05, 0) is 49.5 Å². The third kappa shape index (κ3) is 5.41. The third-order valence-corrected chi connectivity index (χ3v) is 6.64. The molecule has 0 N–H and O–H groups in total. The van der Waals surface area contributed by atoms with Crippen LogP contribution in [-0.2, 0) is 14.3 Å². The molecule has 1 saturated heterocycles. The minimum Gasteiger partial charge on any atom is -0.303 e. The molecule has 1 aliphatic rings. The zero-order chi connectivity index (χ0) is 19.1. The van der Waals surface area contributed by atoms with E-state index in [1.807, 2.05) is 6.07 Å². The number of likely N-dealkylation sites (tertiary alicyclic amines) is 1. The summed E-state index contributed by atoms with van der Waals surface area (Å²) < 4.78 is 30.6. The van der Waals surface area contributed by atoms with Gasteiger partial charge in [0, 0.05) is 12.5 Å². The largest absolute Gasteiger partial charge is 0.303 e. The summed E-state index contributed by atoms with van der Waals surface area (Å²) in [6.07, 6.45) is 3.38. The zero-order valence-electron chi connectivity index (χ0n) is 16.0. The van der Waals surface area contributed by atoms with E-state index in [1.165, 1.54) is 18.4 Å². The molecule has 5 heteroatoms. The Morgan fingerprint density at radius 2 is 1.70 bits per heavy atom. The highest BCUT2D eigenvalue weighted by Crippen LogP contribution is 2.34. The Morgan fingerprint density at radius 1 is 1.04 bits per heavy atom. The first-order valence-electron chi connectivity index (χ1n) is 9.82. The number of piperidine rings is 1. The van der Waals surface area contributed by atoms with Crippen molar-refractivity contribution in [2.75, 3.05) is 26.2 Å². The third-order valence-electron chi connectivity index (χ3n) is 5.34. The second-order valence-electron chi connectivity index (χ2n) is 7.27. The van der Waals surface area contributed by atoms with Crippen molar-refractivity contribution in [1.29, 1.82) is 0 Å². The maximum absolute atomic E-state index is 12.5. The van der Waals surface area contributed by atoms with Crippen molar-refractivity contribution in [3.05, 3.63) is 66.2 Å². The van der Waals surface area contributed by atoms with E-state index in [0.29, 0.717) is 5.92 Å². The minimum absolute atomic E-state index is 0.163. The van der Waals surface area contributed by atoms with E-state index in [4.69, 9.17) is 4.18 Å². The van der Waals surface area contributed by atoms with Crippen LogP contribution in [0.15, 0.2) is 65.6 Å². The first-order chi connectivity index (χ1) is 13.1. The van der Waals surface area contributed by atoms with Crippen LogP contribution in [0.2, 0.25) is 0 Å². The Bertz CT molecular complexity index is 793. The molecule has 0 spiro atoms. The molecule has 0 aromatic heterocycles. The molecule has 2 aromatic rings. The summed E-state index contributed by atoms with van der Waals surface area (Å²) in [6.45, 7) is 5.43. The summed E-state index contributed by atoms with van der Waals surface area (Å²) >= 11 is 0. The van der Waals surface area contributed by atoms with E-state index >= 15 is 0 Å². The molecular formula is C22H29NO3S. The molecule has 0 saturated carbocycles. The quantitative estimate of drug-likeness (QED) is 0.634. The monoisotopic (exact) mass is 387 g/mol. The molecule has 0 radical (unpaired) electrons. The Morgan fingerprint density at radius 3 is 2.37 bits per heavy atom. The molecule has 1 heterocycles. The number of rotatable bonds is 8. The summed E-state index contributed by atoms with van der Waals surface area (Å²) in [5.41, 5.74) is 1.28. The predicted octanol–water partition coefficient (Wildman–Crippen LogP) is 4.30. The number of benzene rings is 2. The van der Waals surface area contributed by atoms with Crippen molar-refractivity contribution in [2.45, 2.75) is 37.0 Å². The molecule has 2 aromatic carbocycles. The van der Waals surface area contributed by atoms with Gasteiger partial charge in [-0.25, -0.2) is 0 Å². The van der Waals surface area contributed by atoms with Crippen LogP contribution in [0.25, 0.3) is 0 Å². The predicted molar refractivity (Wildman–Crippen MR) is 108 cm³/mol. The van der Waals surface area contributed by atoms with Gasteiger partial charge in [-0.1, -0.05) is 61.9 Å². The Balaban J connectivity index is 1.72. The molecular weight excluding hydrogens is 358 g/mol. The van der Waals surface area contributed by atoms with E-state index in [0.717, 1.165) is 26.1 Å². The fourth-order valence-corrected chi connectivity index (χ4v) is 4.81. The first-order valence-corrected chi connectivity index (χ1v) is 11.2. The lowest BCUT2D eigenvalue weighted by atomic mass is 9.81. The normalized spacial score (nSPS) is 21.2. The standard InChI is InChI=1S/C22H29NO3S/c1-2-3-15-23-16-14-22(19-10-6-4-7-11-19)20(17-23)18-26-27(24,25)21-12-8-5-9-13-21/h4-13,20,22H,2-3,14-18H2,1H3/t20-,22+/m0/s1. The van der Waals surface area contributed by atoms with Crippen LogP contribution in [0, 0.1) is 5.92 Å². The lowest BCUT2D eigenvalue weighted by Crippen LogP contribution is -2.42. The van der Waals surface area contributed by atoms with Crippen molar-refractivity contribution in [1.82, 2.24) is 4.90 Å². The zero-order valence-corrected chi connectivity index (χ0v) is 16.8. The maximum atomic E-state index is 12.5. The minimum atomic E-state index is -3.72. The summed E-state index contributed by atoms with van der Waals surface area (Å²) in [5.74, 6) is 0.492. The van der Waals surface area contributed by atoms with E-state index in [2.05, 4.69) is 36.1 Å². The first kappa shape index (κ1) is 20.1. The van der Waals surface area contributed by atoms with Crippen molar-refractivity contribution in [3.8, 4) is 0 Å². The van der Waals surface area contributed by atoms with Crippen LogP contribution >= 0.6 is 0 Å². The average molecular weight is 388 g/mol. The van der Waals surface area contributed by atoms with E-state index in [1.54, 1.807) is 30.3 Å². The van der Waals surface area contributed by atoms with E-state index in [-0.39, 0.29) is 17.4 Å². The second kappa shape index (κ2) is 9.49. The molecule has 2 atom stereocenters. The maximum Gasteiger partial charge on any atom is 0.296 e. The van der Waals surface area contributed by atoms with Gasteiger partial charge in [0.1, 0.15) is 0 Å². The SMILES string of the molecule is CCCCN1CC[C@H](c2ccccc2)[C@H](COS(=O)(=O)c2ccccc2)C1. The molecule has 1 fully saturated rings. The number of hydrogen-bond acceptors (Lipinski definition) is 4. The molecule has 146 valence electrons. The van der Waals surface area contributed by atoms with Gasteiger partial charge >= 0.3 is 0 Å². The summed E-state index contributed by atoms with van der Waals surface area (Å²) in [5, 5.41) is 0. The van der Waals surface area contributed by atoms with Gasteiger partial charge < -0.3 is 4.90 Å². The van der Waals surface area contributed by atoms with Crippen LogP contribution in [0.3, 0.4) is 0 Å². The molecule has 0 unspecified atom stereocenters. The lowest BCUT2D eigenvalue weighted by Gasteiger charge is -2.38. The highest BCUT2D eigenvalue weighted by atomic mass is 32.2. The topological polar surface area (TPSA) is 46.6 Å². The highest BCUT2D eigenvalue weighted by Gasteiger charge is 2.31. The van der Waals surface area contributed by atoms with Gasteiger partial charge in [-0.15, -0.1) is 0 Å². The summed E-state index contributed by atoms with van der Waals surface area (Å²) in [4.78, 5) is 2.67. The highest BCUT2D eigenvalue weighted by molar-refractivity contribution is 7.86. The molecule has 0 amide bonds. The van der Waals surface area contributed by atoms with Gasteiger partial charge in [-0.2, -0.15) is 8.42 Å². The molecule has 1 aliphatic heterocycles. The second-order valence-corrected chi connectivity index (χ2v) is 8.89. The number of unbranched alkanes of at least 4 members (excludes halogenated alkanes) is 1. The Hall–Kier alpha value is -1.69. The van der Waals surface area contributed by atoms with Crippen molar-refractivity contribution in [2.24, 2.45) is 5.92 Å². The van der Waals surface area contributed by atoms with Crippen LogP contribution in [0.4, 0.5) is 0 Å². The Kier molecular flexibility index (Phi) is 7.05. The van der Waals surface area contributed by atoms with Crippen molar-refractivity contribution >= 4 is 10.1 Å². The average Bonchev–Trinajstić information content (AvgIpc) is 2.72. The van der Waals surface area contributed by atoms with Crippen LogP contribution in [0.1, 0.15) is 37.7 Å². The molecule has 27 heavy (non-hydrogen) atoms. The Labute approximate surface area is 163 Å². The fraction of sp³-hybridized carbons (Fsp3) is 0.455. The van der Waals surface area contributed by atoms with Gasteiger partial charge in [0.15, 0.2) is 0 Å². The van der Waals surface area contributed by atoms with E-state index < -0.39 is 10.1 Å². The van der Waals surface area contributed by atoms with Crippen molar-refractivity contribution < 1.29 is 12.6 Å².